The molecule has 0 radical (unpaired) electrons. The molecule has 2 aromatic heterocycles. The molecule has 0 saturated heterocycles. The molecule has 2 heterocycles. The molecular weight excluding hydrogens is 402 g/mol. The van der Waals surface area contributed by atoms with Crippen LogP contribution in [0.4, 0.5) is 0 Å². The number of rotatable bonds is 5. The van der Waals surface area contributed by atoms with E-state index in [-0.39, 0.29) is 11.2 Å². The maximum absolute atomic E-state index is 12.8. The van der Waals surface area contributed by atoms with E-state index in [0.717, 1.165) is 44.3 Å². The Morgan fingerprint density at radius 2 is 1.68 bits per heavy atom. The lowest BCUT2D eigenvalue weighted by molar-refractivity contribution is 0.102. The third kappa shape index (κ3) is 4.42. The molecule has 0 aliphatic carbocycles. The number of hydrogen-bond acceptors (Lipinski definition) is 4. The Kier molecular flexibility index (Phi) is 5.71. The van der Waals surface area contributed by atoms with Crippen molar-refractivity contribution < 1.29 is 4.79 Å². The van der Waals surface area contributed by atoms with Crippen LogP contribution in [0.3, 0.4) is 0 Å². The lowest BCUT2D eigenvalue weighted by atomic mass is 9.92. The second-order valence-electron chi connectivity index (χ2n) is 8.87. The highest BCUT2D eigenvalue weighted by Gasteiger charge is 2.22. The van der Waals surface area contributed by atoms with E-state index in [2.05, 4.69) is 39.0 Å². The summed E-state index contributed by atoms with van der Waals surface area (Å²) in [4.78, 5) is 17.8. The van der Waals surface area contributed by atoms with Crippen molar-refractivity contribution in [3.63, 3.8) is 0 Å². The molecule has 2 aromatic carbocycles. The molecule has 0 spiro atoms. The molecule has 0 aliphatic heterocycles. The number of aromatic nitrogens is 3. The quantitative estimate of drug-likeness (QED) is 0.213. The van der Waals surface area contributed by atoms with E-state index in [1.807, 2.05) is 60.8 Å². The van der Waals surface area contributed by atoms with Crippen LogP contribution in [0.15, 0.2) is 65.7 Å². The predicted molar refractivity (Wildman–Crippen MR) is 128 cm³/mol. The fraction of sp³-hybridized carbons (Fsp3) is 0.269. The largest absolute Gasteiger partial charge is 0.293 e. The Morgan fingerprint density at radius 3 is 2.32 bits per heavy atom. The molecule has 0 aliphatic rings. The average Bonchev–Trinajstić information content (AvgIpc) is 3.08. The lowest BCUT2D eigenvalue weighted by Crippen LogP contribution is -2.15. The Labute approximate surface area is 187 Å². The SMILES string of the molecule is Cc1ccc(C(=O)CSc2cc(C(C)(C)C)nc3c(-c4ccccc4)c(C)nn23)cc1. The van der Waals surface area contributed by atoms with Gasteiger partial charge in [0, 0.05) is 16.5 Å². The Hall–Kier alpha value is -2.92. The minimum Gasteiger partial charge on any atom is -0.293 e. The van der Waals surface area contributed by atoms with Gasteiger partial charge in [-0.2, -0.15) is 5.10 Å². The first kappa shape index (κ1) is 21.3. The van der Waals surface area contributed by atoms with E-state index in [4.69, 9.17) is 10.1 Å². The van der Waals surface area contributed by atoms with Crippen molar-refractivity contribution in [3.8, 4) is 11.1 Å². The Morgan fingerprint density at radius 1 is 1.00 bits per heavy atom. The number of thioether (sulfide) groups is 1. The van der Waals surface area contributed by atoms with Gasteiger partial charge in [0.25, 0.3) is 0 Å². The maximum atomic E-state index is 12.8. The number of carbonyl (C=O) groups excluding carboxylic acids is 1. The number of nitrogens with zero attached hydrogens (tertiary/aromatic N) is 3. The van der Waals surface area contributed by atoms with Crippen LogP contribution in [-0.4, -0.2) is 26.1 Å². The first-order valence-electron chi connectivity index (χ1n) is 10.4. The number of fused-ring (bicyclic) bond motifs is 1. The molecule has 0 amide bonds. The van der Waals surface area contributed by atoms with E-state index in [9.17, 15) is 4.79 Å². The van der Waals surface area contributed by atoms with Gasteiger partial charge in [-0.1, -0.05) is 92.7 Å². The summed E-state index contributed by atoms with van der Waals surface area (Å²) in [5, 5.41) is 5.73. The fourth-order valence-corrected chi connectivity index (χ4v) is 4.38. The number of benzene rings is 2. The van der Waals surface area contributed by atoms with Crippen LogP contribution >= 0.6 is 11.8 Å². The number of Topliss-reactive ketones (excluding diaryl/α,β-unsaturated/α-hetero) is 1. The number of aryl methyl sites for hydroxylation is 2. The van der Waals surface area contributed by atoms with Gasteiger partial charge in [-0.3, -0.25) is 4.79 Å². The van der Waals surface area contributed by atoms with E-state index in [1.165, 1.54) is 11.8 Å². The summed E-state index contributed by atoms with van der Waals surface area (Å²) < 4.78 is 1.89. The first-order chi connectivity index (χ1) is 14.7. The second-order valence-corrected chi connectivity index (χ2v) is 9.86. The summed E-state index contributed by atoms with van der Waals surface area (Å²) in [6.45, 7) is 10.5. The van der Waals surface area contributed by atoms with Gasteiger partial charge in [0.2, 0.25) is 0 Å². The zero-order chi connectivity index (χ0) is 22.2. The van der Waals surface area contributed by atoms with E-state index >= 15 is 0 Å². The van der Waals surface area contributed by atoms with Gasteiger partial charge in [0.15, 0.2) is 11.4 Å². The van der Waals surface area contributed by atoms with Crippen molar-refractivity contribution in [2.75, 3.05) is 5.75 Å². The van der Waals surface area contributed by atoms with Crippen molar-refractivity contribution >= 4 is 23.2 Å². The van der Waals surface area contributed by atoms with Crippen LogP contribution in [0.2, 0.25) is 0 Å². The zero-order valence-electron chi connectivity index (χ0n) is 18.6. The van der Waals surface area contributed by atoms with Crippen LogP contribution in [0.5, 0.6) is 0 Å². The molecule has 4 nitrogen and oxygen atoms in total. The minimum absolute atomic E-state index is 0.111. The molecule has 4 rings (SSSR count). The molecule has 4 aromatic rings. The molecule has 5 heteroatoms. The maximum Gasteiger partial charge on any atom is 0.173 e. The molecule has 0 saturated carbocycles. The molecule has 31 heavy (non-hydrogen) atoms. The lowest BCUT2D eigenvalue weighted by Gasteiger charge is -2.19. The smallest absolute Gasteiger partial charge is 0.173 e. The van der Waals surface area contributed by atoms with Gasteiger partial charge < -0.3 is 0 Å². The third-order valence-corrected chi connectivity index (χ3v) is 6.28. The molecule has 0 atom stereocenters. The predicted octanol–water partition coefficient (Wildman–Crippen LogP) is 6.29. The topological polar surface area (TPSA) is 47.3 Å². The molecule has 0 bridgehead atoms. The van der Waals surface area contributed by atoms with Crippen molar-refractivity contribution in [1.82, 2.24) is 14.6 Å². The van der Waals surface area contributed by atoms with Crippen molar-refractivity contribution in [3.05, 3.63) is 83.2 Å². The highest BCUT2D eigenvalue weighted by atomic mass is 32.2. The summed E-state index contributed by atoms with van der Waals surface area (Å²) in [5.74, 6) is 0.463. The minimum atomic E-state index is -0.121. The molecule has 158 valence electrons. The summed E-state index contributed by atoms with van der Waals surface area (Å²) in [7, 11) is 0. The Bertz CT molecular complexity index is 1240. The zero-order valence-corrected chi connectivity index (χ0v) is 19.5. The number of hydrogen-bond donors (Lipinski definition) is 0. The van der Waals surface area contributed by atoms with Gasteiger partial charge in [-0.15, -0.1) is 0 Å². The summed E-state index contributed by atoms with van der Waals surface area (Å²) in [5.41, 5.74) is 6.65. The van der Waals surface area contributed by atoms with Crippen molar-refractivity contribution in [1.29, 1.82) is 0 Å². The van der Waals surface area contributed by atoms with Crippen molar-refractivity contribution in [2.24, 2.45) is 0 Å². The van der Waals surface area contributed by atoms with Gasteiger partial charge >= 0.3 is 0 Å². The van der Waals surface area contributed by atoms with Crippen LogP contribution in [0.1, 0.15) is 48.1 Å². The van der Waals surface area contributed by atoms with Crippen LogP contribution < -0.4 is 0 Å². The fourth-order valence-electron chi connectivity index (χ4n) is 3.49. The molecule has 0 N–H and O–H groups in total. The van der Waals surface area contributed by atoms with Crippen LogP contribution in [0, 0.1) is 13.8 Å². The molecule has 0 unspecified atom stereocenters. The highest BCUT2D eigenvalue weighted by Crippen LogP contribution is 2.33. The Balaban J connectivity index is 1.77. The van der Waals surface area contributed by atoms with Crippen LogP contribution in [-0.2, 0) is 5.41 Å². The van der Waals surface area contributed by atoms with E-state index in [1.54, 1.807) is 0 Å². The second kappa shape index (κ2) is 8.31. The average molecular weight is 430 g/mol. The standard InChI is InChI=1S/C26H27N3OS/c1-17-11-13-19(14-12-17)21(30)16-31-23-15-22(26(3,4)5)27-25-24(18(2)28-29(23)25)20-9-7-6-8-10-20/h6-15H,16H2,1-5H3. The van der Waals surface area contributed by atoms with Crippen molar-refractivity contribution in [2.45, 2.75) is 45.1 Å². The summed E-state index contributed by atoms with van der Waals surface area (Å²) in [6.07, 6.45) is 0. The highest BCUT2D eigenvalue weighted by molar-refractivity contribution is 7.99. The summed E-state index contributed by atoms with van der Waals surface area (Å²) in [6, 6.07) is 20.1. The number of carbonyl (C=O) groups is 1. The number of ketones is 1. The van der Waals surface area contributed by atoms with Gasteiger partial charge in [0.05, 0.1) is 17.1 Å². The van der Waals surface area contributed by atoms with E-state index in [0.29, 0.717) is 5.75 Å². The summed E-state index contributed by atoms with van der Waals surface area (Å²) >= 11 is 1.52. The van der Waals surface area contributed by atoms with Crippen LogP contribution in [0.25, 0.3) is 16.8 Å². The van der Waals surface area contributed by atoms with Gasteiger partial charge in [-0.05, 0) is 25.5 Å². The van der Waals surface area contributed by atoms with Gasteiger partial charge in [0.1, 0.15) is 5.03 Å². The monoisotopic (exact) mass is 429 g/mol. The molecule has 0 fully saturated rings. The normalized spacial score (nSPS) is 11.8. The first-order valence-corrected chi connectivity index (χ1v) is 11.4. The molecular formula is C26H27N3OS. The van der Waals surface area contributed by atoms with Gasteiger partial charge in [-0.25, -0.2) is 9.50 Å². The van der Waals surface area contributed by atoms with E-state index < -0.39 is 0 Å². The third-order valence-electron chi connectivity index (χ3n) is 5.29.